The predicted molar refractivity (Wildman–Crippen MR) is 176 cm³/mol. The molecule has 3 N–H and O–H groups in total. The SMILES string of the molecule is CC(C(=O)NC(CC(=O)O)C(=O)Cn1nnnc1Cc1ccccc1)N1CCCC[C@H](NC(=O)c2ccc(C(=O)N3CCOCC3)cc2)C1=O. The number of carboxylic acid groups (broad SMARTS) is 1. The van der Waals surface area contributed by atoms with Crippen molar-refractivity contribution >= 4 is 35.4 Å². The smallest absolute Gasteiger partial charge is 0.305 e. The van der Waals surface area contributed by atoms with Crippen LogP contribution in [0.1, 0.15) is 64.7 Å². The number of tetrazole rings is 1. The molecule has 3 aromatic rings. The first kappa shape index (κ1) is 35.8. The van der Waals surface area contributed by atoms with Crippen LogP contribution in [0.3, 0.4) is 0 Å². The Balaban J connectivity index is 1.20. The number of nitrogens with one attached hydrogen (secondary N) is 2. The molecule has 0 aliphatic carbocycles. The third-order valence-electron chi connectivity index (χ3n) is 8.77. The molecule has 2 aromatic carbocycles. The van der Waals surface area contributed by atoms with Gasteiger partial charge in [0.05, 0.1) is 25.7 Å². The van der Waals surface area contributed by atoms with Gasteiger partial charge in [-0.3, -0.25) is 28.8 Å². The van der Waals surface area contributed by atoms with Gasteiger partial charge in [-0.2, -0.15) is 0 Å². The number of nitrogens with zero attached hydrogens (tertiary/aromatic N) is 6. The first-order chi connectivity index (χ1) is 24.1. The second-order valence-electron chi connectivity index (χ2n) is 12.3. The lowest BCUT2D eigenvalue weighted by atomic mass is 10.1. The molecule has 0 saturated carbocycles. The second-order valence-corrected chi connectivity index (χ2v) is 12.3. The highest BCUT2D eigenvalue weighted by molar-refractivity contribution is 6.00. The Morgan fingerprint density at radius 1 is 0.960 bits per heavy atom. The summed E-state index contributed by atoms with van der Waals surface area (Å²) >= 11 is 0. The zero-order valence-electron chi connectivity index (χ0n) is 27.7. The Labute approximate surface area is 288 Å². The molecule has 1 aromatic heterocycles. The normalized spacial score (nSPS) is 17.7. The quantitative estimate of drug-likeness (QED) is 0.225. The fraction of sp³-hybridized carbons (Fsp3) is 0.441. The standard InChI is InChI=1S/C34H40N8O8/c1-22(31(46)36-27(20-30(44)45)28(43)21-42-29(37-38-39-42)19-23-7-3-2-4-8-23)41-14-6-5-9-26(34(41)49)35-32(47)24-10-12-25(13-11-24)33(48)40-15-17-50-18-16-40/h2-4,7-8,10-13,22,26-27H,5-6,9,14-21H2,1H3,(H,35,47)(H,36,46)(H,44,45)/t22?,26-,27?/m0/s1. The molecule has 3 heterocycles. The summed E-state index contributed by atoms with van der Waals surface area (Å²) in [5, 5.41) is 26.3. The van der Waals surface area contributed by atoms with Crippen LogP contribution in [0, 0.1) is 0 Å². The maximum absolute atomic E-state index is 13.7. The molecule has 0 bridgehead atoms. The number of ketones is 1. The molecule has 2 aliphatic heterocycles. The molecule has 2 fully saturated rings. The molecule has 2 saturated heterocycles. The van der Waals surface area contributed by atoms with Gasteiger partial charge in [0.2, 0.25) is 11.8 Å². The minimum Gasteiger partial charge on any atom is -0.481 e. The number of aromatic nitrogens is 4. The monoisotopic (exact) mass is 688 g/mol. The van der Waals surface area contributed by atoms with Crippen LogP contribution >= 0.6 is 0 Å². The summed E-state index contributed by atoms with van der Waals surface area (Å²) in [6.07, 6.45) is 1.17. The van der Waals surface area contributed by atoms with Crippen molar-refractivity contribution in [3.05, 3.63) is 77.1 Å². The lowest BCUT2D eigenvalue weighted by molar-refractivity contribution is -0.143. The van der Waals surface area contributed by atoms with Crippen LogP contribution in [0.2, 0.25) is 0 Å². The first-order valence-electron chi connectivity index (χ1n) is 16.5. The zero-order chi connectivity index (χ0) is 35.6. The van der Waals surface area contributed by atoms with E-state index in [2.05, 4.69) is 26.2 Å². The van der Waals surface area contributed by atoms with Crippen LogP contribution in [0.4, 0.5) is 0 Å². The van der Waals surface area contributed by atoms with E-state index in [4.69, 9.17) is 4.74 Å². The number of ether oxygens (including phenoxy) is 1. The molecule has 4 amide bonds. The Kier molecular flexibility index (Phi) is 12.0. The van der Waals surface area contributed by atoms with E-state index in [9.17, 15) is 33.9 Å². The lowest BCUT2D eigenvalue weighted by Crippen LogP contribution is -2.56. The number of morpholine rings is 1. The van der Waals surface area contributed by atoms with Crippen molar-refractivity contribution in [2.24, 2.45) is 0 Å². The summed E-state index contributed by atoms with van der Waals surface area (Å²) in [6, 6.07) is 12.1. The number of likely N-dealkylation sites (tertiary alicyclic amines) is 1. The molecule has 16 nitrogen and oxygen atoms in total. The topological polar surface area (TPSA) is 206 Å². The molecular formula is C34H40N8O8. The minimum atomic E-state index is -1.41. The van der Waals surface area contributed by atoms with Gasteiger partial charge in [0.1, 0.15) is 18.6 Å². The van der Waals surface area contributed by atoms with E-state index in [0.29, 0.717) is 63.4 Å². The van der Waals surface area contributed by atoms with Crippen molar-refractivity contribution in [1.82, 2.24) is 40.6 Å². The fourth-order valence-corrected chi connectivity index (χ4v) is 5.90. The molecule has 5 rings (SSSR count). The maximum Gasteiger partial charge on any atom is 0.305 e. The highest BCUT2D eigenvalue weighted by Gasteiger charge is 2.35. The van der Waals surface area contributed by atoms with Gasteiger partial charge in [-0.05, 0) is 66.4 Å². The molecular weight excluding hydrogens is 648 g/mol. The van der Waals surface area contributed by atoms with Crippen LogP contribution < -0.4 is 10.6 Å². The highest BCUT2D eigenvalue weighted by atomic mass is 16.5. The molecule has 2 unspecified atom stereocenters. The van der Waals surface area contributed by atoms with Crippen molar-refractivity contribution in [3.8, 4) is 0 Å². The van der Waals surface area contributed by atoms with E-state index < -0.39 is 54.0 Å². The van der Waals surface area contributed by atoms with Crippen molar-refractivity contribution in [3.63, 3.8) is 0 Å². The van der Waals surface area contributed by atoms with E-state index in [1.165, 1.54) is 28.6 Å². The summed E-state index contributed by atoms with van der Waals surface area (Å²) in [5.74, 6) is -3.39. The van der Waals surface area contributed by atoms with Crippen molar-refractivity contribution in [2.45, 2.75) is 63.7 Å². The van der Waals surface area contributed by atoms with Crippen molar-refractivity contribution < 1.29 is 38.6 Å². The molecule has 16 heteroatoms. The van der Waals surface area contributed by atoms with Crippen molar-refractivity contribution in [2.75, 3.05) is 32.8 Å². The van der Waals surface area contributed by atoms with E-state index in [-0.39, 0.29) is 24.6 Å². The summed E-state index contributed by atoms with van der Waals surface area (Å²) in [4.78, 5) is 81.0. The van der Waals surface area contributed by atoms with Crippen LogP contribution in [-0.2, 0) is 36.9 Å². The van der Waals surface area contributed by atoms with Gasteiger partial charge in [-0.25, -0.2) is 4.68 Å². The fourth-order valence-electron chi connectivity index (χ4n) is 5.90. The number of hydrogen-bond acceptors (Lipinski definition) is 10. The van der Waals surface area contributed by atoms with Crippen molar-refractivity contribution in [1.29, 1.82) is 0 Å². The average Bonchev–Trinajstić information content (AvgIpc) is 3.47. The molecule has 0 spiro atoms. The molecule has 2 aliphatic rings. The highest BCUT2D eigenvalue weighted by Crippen LogP contribution is 2.17. The Morgan fingerprint density at radius 2 is 1.66 bits per heavy atom. The number of amides is 4. The second kappa shape index (κ2) is 16.7. The van der Waals surface area contributed by atoms with Crippen LogP contribution in [0.15, 0.2) is 54.6 Å². The van der Waals surface area contributed by atoms with E-state index in [1.54, 1.807) is 17.0 Å². The predicted octanol–water partition coefficient (Wildman–Crippen LogP) is 0.465. The third kappa shape index (κ3) is 9.13. The van der Waals surface area contributed by atoms with E-state index in [1.807, 2.05) is 30.3 Å². The summed E-state index contributed by atoms with van der Waals surface area (Å²) < 4.78 is 6.56. The van der Waals surface area contributed by atoms with Crippen LogP contribution in [0.25, 0.3) is 0 Å². The van der Waals surface area contributed by atoms with Crippen LogP contribution in [0.5, 0.6) is 0 Å². The Hall–Kier alpha value is -5.51. The van der Waals surface area contributed by atoms with Gasteiger partial charge in [0, 0.05) is 37.2 Å². The number of aliphatic carboxylic acids is 1. The number of carbonyl (C=O) groups excluding carboxylic acids is 5. The van der Waals surface area contributed by atoms with Gasteiger partial charge >= 0.3 is 5.97 Å². The summed E-state index contributed by atoms with van der Waals surface area (Å²) in [6.45, 7) is 3.26. The van der Waals surface area contributed by atoms with Gasteiger partial charge < -0.3 is 30.3 Å². The number of rotatable bonds is 13. The summed E-state index contributed by atoms with van der Waals surface area (Å²) in [7, 11) is 0. The summed E-state index contributed by atoms with van der Waals surface area (Å²) in [5.41, 5.74) is 1.61. The number of hydrogen-bond donors (Lipinski definition) is 3. The van der Waals surface area contributed by atoms with E-state index >= 15 is 0 Å². The Bertz CT molecular complexity index is 1690. The van der Waals surface area contributed by atoms with E-state index in [0.717, 1.165) is 5.56 Å². The van der Waals surface area contributed by atoms with Gasteiger partial charge in [-0.1, -0.05) is 30.3 Å². The Morgan fingerprint density at radius 3 is 2.36 bits per heavy atom. The largest absolute Gasteiger partial charge is 0.481 e. The molecule has 0 radical (unpaired) electrons. The number of benzene rings is 2. The van der Waals surface area contributed by atoms with Gasteiger partial charge in [-0.15, -0.1) is 5.10 Å². The maximum atomic E-state index is 13.7. The molecule has 3 atom stereocenters. The van der Waals surface area contributed by atoms with Crippen LogP contribution in [-0.4, -0.2) is 121 Å². The number of carbonyl (C=O) groups is 6. The number of carboxylic acids is 1. The molecule has 264 valence electrons. The first-order valence-corrected chi connectivity index (χ1v) is 16.5. The van der Waals surface area contributed by atoms with Gasteiger partial charge in [0.25, 0.3) is 11.8 Å². The van der Waals surface area contributed by atoms with Gasteiger partial charge in [0.15, 0.2) is 11.6 Å². The molecule has 50 heavy (non-hydrogen) atoms. The zero-order valence-corrected chi connectivity index (χ0v) is 27.7. The minimum absolute atomic E-state index is 0.155. The average molecular weight is 689 g/mol. The third-order valence-corrected chi connectivity index (χ3v) is 8.77. The number of Topliss-reactive ketones (excluding diaryl/α,β-unsaturated/α-hetero) is 1. The lowest BCUT2D eigenvalue weighted by Gasteiger charge is -2.30.